The zero-order valence-electron chi connectivity index (χ0n) is 10.1. The van der Waals surface area contributed by atoms with Gasteiger partial charge in [0.2, 0.25) is 0 Å². The first kappa shape index (κ1) is 11.6. The number of nitrogens with one attached hydrogen (secondary N) is 2. The van der Waals surface area contributed by atoms with Gasteiger partial charge in [-0.3, -0.25) is 0 Å². The maximum Gasteiger partial charge on any atom is 0.108 e. The molecule has 0 radical (unpaired) electrons. The largest absolute Gasteiger partial charge is 0.342 e. The van der Waals surface area contributed by atoms with Crippen molar-refractivity contribution in [3.8, 4) is 6.07 Å². The highest BCUT2D eigenvalue weighted by atomic mass is 14.9. The Morgan fingerprint density at radius 1 is 1.47 bits per heavy atom. The van der Waals surface area contributed by atoms with Gasteiger partial charge in [0.05, 0.1) is 22.7 Å². The van der Waals surface area contributed by atoms with Gasteiger partial charge >= 0.3 is 0 Å². The van der Waals surface area contributed by atoms with E-state index in [0.717, 1.165) is 29.8 Å². The van der Waals surface area contributed by atoms with Crippen LogP contribution in [0, 0.1) is 11.3 Å². The lowest BCUT2D eigenvalue weighted by atomic mass is 10.2. The van der Waals surface area contributed by atoms with Crippen molar-refractivity contribution in [1.29, 1.82) is 5.26 Å². The van der Waals surface area contributed by atoms with Gasteiger partial charge in [-0.15, -0.1) is 0 Å². The van der Waals surface area contributed by atoms with Crippen LogP contribution in [-0.4, -0.2) is 22.6 Å². The van der Waals surface area contributed by atoms with Gasteiger partial charge in [0.25, 0.3) is 0 Å². The van der Waals surface area contributed by atoms with Gasteiger partial charge < -0.3 is 10.3 Å². The first-order valence-electron chi connectivity index (χ1n) is 5.81. The monoisotopic (exact) mass is 228 g/mol. The standard InChI is InChI=1S/C13H16N4/c1-9(2)15-6-5-13-16-11-4-3-10(8-14)7-12(11)17-13/h3-4,7,9,15H,5-6H2,1-2H3,(H,16,17). The summed E-state index contributed by atoms with van der Waals surface area (Å²) in [5.41, 5.74) is 2.51. The van der Waals surface area contributed by atoms with Crippen molar-refractivity contribution >= 4 is 11.0 Å². The summed E-state index contributed by atoms with van der Waals surface area (Å²) in [5.74, 6) is 0.961. The van der Waals surface area contributed by atoms with E-state index >= 15 is 0 Å². The Bertz CT molecular complexity index is 548. The highest BCUT2D eigenvalue weighted by Crippen LogP contribution is 2.13. The number of H-pyrrole nitrogens is 1. The Labute approximate surface area is 101 Å². The molecule has 0 aliphatic rings. The molecule has 0 amide bonds. The smallest absolute Gasteiger partial charge is 0.108 e. The van der Waals surface area contributed by atoms with Crippen LogP contribution in [-0.2, 0) is 6.42 Å². The number of imidazole rings is 1. The fraction of sp³-hybridized carbons (Fsp3) is 0.385. The van der Waals surface area contributed by atoms with Crippen LogP contribution >= 0.6 is 0 Å². The highest BCUT2D eigenvalue weighted by molar-refractivity contribution is 5.76. The number of hydrogen-bond donors (Lipinski definition) is 2. The van der Waals surface area contributed by atoms with Crippen molar-refractivity contribution in [2.24, 2.45) is 0 Å². The average molecular weight is 228 g/mol. The van der Waals surface area contributed by atoms with E-state index in [1.165, 1.54) is 0 Å². The summed E-state index contributed by atoms with van der Waals surface area (Å²) in [6.45, 7) is 5.15. The maximum atomic E-state index is 8.81. The second-order valence-electron chi connectivity index (χ2n) is 4.39. The number of nitriles is 1. The Morgan fingerprint density at radius 2 is 2.29 bits per heavy atom. The maximum absolute atomic E-state index is 8.81. The van der Waals surface area contributed by atoms with E-state index in [2.05, 4.69) is 35.2 Å². The summed E-state index contributed by atoms with van der Waals surface area (Å²) in [4.78, 5) is 7.72. The molecule has 0 fully saturated rings. The van der Waals surface area contributed by atoms with E-state index in [-0.39, 0.29) is 0 Å². The van der Waals surface area contributed by atoms with Crippen LogP contribution in [0.1, 0.15) is 25.2 Å². The van der Waals surface area contributed by atoms with Gasteiger partial charge in [-0.25, -0.2) is 4.98 Å². The molecule has 17 heavy (non-hydrogen) atoms. The second kappa shape index (κ2) is 4.98. The van der Waals surface area contributed by atoms with Gasteiger partial charge in [0.15, 0.2) is 0 Å². The fourth-order valence-corrected chi connectivity index (χ4v) is 1.73. The summed E-state index contributed by atoms with van der Waals surface area (Å²) in [6, 6.07) is 8.12. The molecule has 0 saturated carbocycles. The fourth-order valence-electron chi connectivity index (χ4n) is 1.73. The molecule has 0 unspecified atom stereocenters. The van der Waals surface area contributed by atoms with E-state index in [1.54, 1.807) is 6.07 Å². The lowest BCUT2D eigenvalue weighted by Crippen LogP contribution is -2.25. The van der Waals surface area contributed by atoms with Crippen molar-refractivity contribution in [3.05, 3.63) is 29.6 Å². The summed E-state index contributed by atoms with van der Waals surface area (Å²) in [5, 5.41) is 12.2. The molecule has 0 aliphatic heterocycles. The molecular formula is C13H16N4. The zero-order chi connectivity index (χ0) is 12.3. The summed E-state index contributed by atoms with van der Waals surface area (Å²) < 4.78 is 0. The van der Waals surface area contributed by atoms with E-state index in [0.29, 0.717) is 11.6 Å². The molecule has 0 aliphatic carbocycles. The lowest BCUT2D eigenvalue weighted by molar-refractivity contribution is 0.585. The molecule has 1 heterocycles. The molecule has 2 aromatic rings. The van der Waals surface area contributed by atoms with Crippen LogP contribution in [0.3, 0.4) is 0 Å². The number of rotatable bonds is 4. The molecule has 0 saturated heterocycles. The van der Waals surface area contributed by atoms with Gasteiger partial charge in [0.1, 0.15) is 5.82 Å². The number of fused-ring (bicyclic) bond motifs is 1. The molecule has 2 N–H and O–H groups in total. The van der Waals surface area contributed by atoms with Crippen molar-refractivity contribution in [1.82, 2.24) is 15.3 Å². The molecule has 88 valence electrons. The summed E-state index contributed by atoms with van der Waals surface area (Å²) >= 11 is 0. The number of aromatic nitrogens is 2. The zero-order valence-corrected chi connectivity index (χ0v) is 10.1. The third kappa shape index (κ3) is 2.83. The van der Waals surface area contributed by atoms with Crippen LogP contribution in [0.15, 0.2) is 18.2 Å². The molecular weight excluding hydrogens is 212 g/mol. The van der Waals surface area contributed by atoms with E-state index in [4.69, 9.17) is 5.26 Å². The predicted octanol–water partition coefficient (Wildman–Crippen LogP) is 1.98. The first-order valence-corrected chi connectivity index (χ1v) is 5.81. The molecule has 4 nitrogen and oxygen atoms in total. The molecule has 0 spiro atoms. The predicted molar refractivity (Wildman–Crippen MR) is 67.7 cm³/mol. The highest BCUT2D eigenvalue weighted by Gasteiger charge is 2.03. The first-order chi connectivity index (χ1) is 8.19. The van der Waals surface area contributed by atoms with Gasteiger partial charge in [0, 0.05) is 19.0 Å². The molecule has 0 atom stereocenters. The molecule has 2 rings (SSSR count). The van der Waals surface area contributed by atoms with Crippen LogP contribution in [0.4, 0.5) is 0 Å². The average Bonchev–Trinajstić information content (AvgIpc) is 2.69. The SMILES string of the molecule is CC(C)NCCc1nc2ccc(C#N)cc2[nH]1. The summed E-state index contributed by atoms with van der Waals surface area (Å²) in [6.07, 6.45) is 0.870. The number of aromatic amines is 1. The van der Waals surface area contributed by atoms with Crippen molar-refractivity contribution in [2.75, 3.05) is 6.54 Å². The third-order valence-electron chi connectivity index (χ3n) is 2.57. The van der Waals surface area contributed by atoms with Gasteiger partial charge in [-0.1, -0.05) is 13.8 Å². The van der Waals surface area contributed by atoms with Crippen molar-refractivity contribution < 1.29 is 0 Å². The minimum atomic E-state index is 0.490. The quantitative estimate of drug-likeness (QED) is 0.841. The Kier molecular flexibility index (Phi) is 3.40. The van der Waals surface area contributed by atoms with Crippen LogP contribution in [0.2, 0.25) is 0 Å². The normalized spacial score (nSPS) is 10.9. The van der Waals surface area contributed by atoms with Gasteiger partial charge in [-0.05, 0) is 18.2 Å². The minimum absolute atomic E-state index is 0.490. The molecule has 1 aromatic heterocycles. The number of hydrogen-bond acceptors (Lipinski definition) is 3. The van der Waals surface area contributed by atoms with Crippen LogP contribution < -0.4 is 5.32 Å². The third-order valence-corrected chi connectivity index (χ3v) is 2.57. The van der Waals surface area contributed by atoms with Crippen LogP contribution in [0.25, 0.3) is 11.0 Å². The van der Waals surface area contributed by atoms with E-state index in [9.17, 15) is 0 Å². The molecule has 1 aromatic carbocycles. The minimum Gasteiger partial charge on any atom is -0.342 e. The van der Waals surface area contributed by atoms with E-state index in [1.807, 2.05) is 12.1 Å². The second-order valence-corrected chi connectivity index (χ2v) is 4.39. The molecule has 4 heteroatoms. The topological polar surface area (TPSA) is 64.5 Å². The van der Waals surface area contributed by atoms with Crippen molar-refractivity contribution in [3.63, 3.8) is 0 Å². The molecule has 0 bridgehead atoms. The Hall–Kier alpha value is -1.86. The Balaban J connectivity index is 2.12. The lowest BCUT2D eigenvalue weighted by Gasteiger charge is -2.05. The number of nitrogens with zero attached hydrogens (tertiary/aromatic N) is 2. The van der Waals surface area contributed by atoms with Crippen LogP contribution in [0.5, 0.6) is 0 Å². The number of benzene rings is 1. The van der Waals surface area contributed by atoms with Gasteiger partial charge in [-0.2, -0.15) is 5.26 Å². The Morgan fingerprint density at radius 3 is 3.00 bits per heavy atom. The van der Waals surface area contributed by atoms with Crippen molar-refractivity contribution in [2.45, 2.75) is 26.3 Å². The summed E-state index contributed by atoms with van der Waals surface area (Å²) in [7, 11) is 0. The van der Waals surface area contributed by atoms with E-state index < -0.39 is 0 Å².